The molecule has 0 atom stereocenters. The Kier molecular flexibility index (Phi) is 4.04. The van der Waals surface area contributed by atoms with Gasteiger partial charge in [0.05, 0.1) is 5.69 Å². The van der Waals surface area contributed by atoms with Crippen LogP contribution in [0.1, 0.15) is 19.2 Å². The van der Waals surface area contributed by atoms with Gasteiger partial charge in [0, 0.05) is 18.1 Å². The molecule has 1 aromatic carbocycles. The number of hydrogen-bond acceptors (Lipinski definition) is 2. The van der Waals surface area contributed by atoms with Crippen LogP contribution in [0.5, 0.6) is 0 Å². The molecular weight excluding hydrogens is 277 g/mol. The monoisotopic (exact) mass is 286 g/mol. The van der Waals surface area contributed by atoms with E-state index < -0.39 is 17.5 Å². The Balaban J connectivity index is 2.55. The first-order valence-corrected chi connectivity index (χ1v) is 6.08. The lowest BCUT2D eigenvalue weighted by molar-refractivity contribution is 0.449. The fourth-order valence-electron chi connectivity index (χ4n) is 1.66. The number of halogens is 4. The van der Waals surface area contributed by atoms with Crippen LogP contribution in [0.25, 0.3) is 11.3 Å². The lowest BCUT2D eigenvalue weighted by Crippen LogP contribution is -2.00. The average molecular weight is 287 g/mol. The van der Waals surface area contributed by atoms with Crippen LogP contribution in [-0.2, 0) is 6.42 Å². The molecule has 0 saturated carbocycles. The van der Waals surface area contributed by atoms with Crippen LogP contribution in [0.2, 0.25) is 5.15 Å². The first-order chi connectivity index (χ1) is 9.02. The summed E-state index contributed by atoms with van der Waals surface area (Å²) in [7, 11) is 0. The van der Waals surface area contributed by atoms with E-state index in [1.165, 1.54) is 6.07 Å². The summed E-state index contributed by atoms with van der Waals surface area (Å²) in [6, 6.07) is 3.29. The van der Waals surface area contributed by atoms with Crippen LogP contribution in [0, 0.1) is 17.5 Å². The van der Waals surface area contributed by atoms with Gasteiger partial charge in [-0.25, -0.2) is 23.1 Å². The Labute approximate surface area is 113 Å². The van der Waals surface area contributed by atoms with Crippen molar-refractivity contribution in [2.24, 2.45) is 0 Å². The Morgan fingerprint density at radius 3 is 2.53 bits per heavy atom. The maximum absolute atomic E-state index is 13.7. The molecule has 0 saturated heterocycles. The zero-order valence-electron chi connectivity index (χ0n) is 10.1. The highest BCUT2D eigenvalue weighted by Crippen LogP contribution is 2.26. The van der Waals surface area contributed by atoms with Gasteiger partial charge in [-0.1, -0.05) is 18.5 Å². The molecular formula is C13H10ClF3N2. The Bertz CT molecular complexity index is 617. The third-order valence-electron chi connectivity index (χ3n) is 2.53. The van der Waals surface area contributed by atoms with Crippen molar-refractivity contribution >= 4 is 11.6 Å². The molecule has 0 aliphatic heterocycles. The zero-order valence-corrected chi connectivity index (χ0v) is 10.8. The minimum absolute atomic E-state index is 0.137. The van der Waals surface area contributed by atoms with E-state index in [9.17, 15) is 13.2 Å². The Morgan fingerprint density at radius 1 is 1.11 bits per heavy atom. The SMILES string of the molecule is CCCc1nc(Cl)cc(-c2ccc(F)c(F)c2F)n1. The third-order valence-corrected chi connectivity index (χ3v) is 2.72. The summed E-state index contributed by atoms with van der Waals surface area (Å²) < 4.78 is 39.8. The number of nitrogens with zero attached hydrogens (tertiary/aromatic N) is 2. The average Bonchev–Trinajstić information content (AvgIpc) is 2.36. The fraction of sp³-hybridized carbons (Fsp3) is 0.231. The van der Waals surface area contributed by atoms with Crippen molar-refractivity contribution in [3.05, 3.63) is 46.6 Å². The van der Waals surface area contributed by atoms with Crippen molar-refractivity contribution in [1.82, 2.24) is 9.97 Å². The van der Waals surface area contributed by atoms with Gasteiger partial charge in [-0.2, -0.15) is 0 Å². The molecule has 2 aromatic rings. The van der Waals surface area contributed by atoms with E-state index in [0.29, 0.717) is 12.2 Å². The van der Waals surface area contributed by atoms with E-state index in [4.69, 9.17) is 11.6 Å². The van der Waals surface area contributed by atoms with Crippen LogP contribution in [-0.4, -0.2) is 9.97 Å². The molecule has 6 heteroatoms. The molecule has 0 spiro atoms. The number of hydrogen-bond donors (Lipinski definition) is 0. The van der Waals surface area contributed by atoms with Crippen LogP contribution >= 0.6 is 11.6 Å². The van der Waals surface area contributed by atoms with E-state index in [1.54, 1.807) is 0 Å². The summed E-state index contributed by atoms with van der Waals surface area (Å²) in [6.45, 7) is 1.93. The molecule has 1 aromatic heterocycles. The zero-order chi connectivity index (χ0) is 14.0. The first-order valence-electron chi connectivity index (χ1n) is 5.70. The molecule has 0 amide bonds. The summed E-state index contributed by atoms with van der Waals surface area (Å²) in [5.41, 5.74) is 0.000373. The Morgan fingerprint density at radius 2 is 1.84 bits per heavy atom. The second-order valence-electron chi connectivity index (χ2n) is 3.97. The number of aryl methyl sites for hydroxylation is 1. The second-order valence-corrected chi connectivity index (χ2v) is 4.35. The largest absolute Gasteiger partial charge is 0.233 e. The molecule has 19 heavy (non-hydrogen) atoms. The molecule has 0 aliphatic rings. The van der Waals surface area contributed by atoms with E-state index in [1.807, 2.05) is 6.92 Å². The van der Waals surface area contributed by atoms with Crippen LogP contribution < -0.4 is 0 Å². The standard InChI is InChI=1S/C13H10ClF3N2/c1-2-3-11-18-9(6-10(14)19-11)7-4-5-8(15)13(17)12(7)16/h4-6H,2-3H2,1H3. The number of rotatable bonds is 3. The van der Waals surface area contributed by atoms with Crippen LogP contribution in [0.4, 0.5) is 13.2 Å². The quantitative estimate of drug-likeness (QED) is 0.625. The van der Waals surface area contributed by atoms with Crippen LogP contribution in [0.3, 0.4) is 0 Å². The second kappa shape index (κ2) is 5.57. The molecule has 0 N–H and O–H groups in total. The van der Waals surface area contributed by atoms with Gasteiger partial charge in [0.15, 0.2) is 17.5 Å². The molecule has 0 fully saturated rings. The molecule has 2 nitrogen and oxygen atoms in total. The lowest BCUT2D eigenvalue weighted by atomic mass is 10.1. The molecule has 1 heterocycles. The van der Waals surface area contributed by atoms with Gasteiger partial charge in [-0.3, -0.25) is 0 Å². The summed E-state index contributed by atoms with van der Waals surface area (Å²) in [5, 5.41) is 0.137. The van der Waals surface area contributed by atoms with Crippen molar-refractivity contribution in [1.29, 1.82) is 0 Å². The van der Waals surface area contributed by atoms with Gasteiger partial charge >= 0.3 is 0 Å². The van der Waals surface area contributed by atoms with E-state index >= 15 is 0 Å². The molecule has 0 bridgehead atoms. The minimum Gasteiger partial charge on any atom is -0.233 e. The van der Waals surface area contributed by atoms with Gasteiger partial charge < -0.3 is 0 Å². The third kappa shape index (κ3) is 2.87. The maximum Gasteiger partial charge on any atom is 0.195 e. The van der Waals surface area contributed by atoms with Gasteiger partial charge in [-0.05, 0) is 18.6 Å². The maximum atomic E-state index is 13.7. The van der Waals surface area contributed by atoms with Gasteiger partial charge in [0.2, 0.25) is 0 Å². The molecule has 0 unspecified atom stereocenters. The van der Waals surface area contributed by atoms with Crippen molar-refractivity contribution in [3.8, 4) is 11.3 Å². The highest BCUT2D eigenvalue weighted by molar-refractivity contribution is 6.29. The highest BCUT2D eigenvalue weighted by atomic mass is 35.5. The van der Waals surface area contributed by atoms with Crippen molar-refractivity contribution in [3.63, 3.8) is 0 Å². The lowest BCUT2D eigenvalue weighted by Gasteiger charge is -2.06. The first kappa shape index (κ1) is 13.8. The summed E-state index contributed by atoms with van der Waals surface area (Å²) >= 11 is 5.82. The van der Waals surface area contributed by atoms with Crippen molar-refractivity contribution in [2.45, 2.75) is 19.8 Å². The van der Waals surface area contributed by atoms with Crippen molar-refractivity contribution < 1.29 is 13.2 Å². The van der Waals surface area contributed by atoms with Gasteiger partial charge in [-0.15, -0.1) is 0 Å². The summed E-state index contributed by atoms with van der Waals surface area (Å²) in [4.78, 5) is 8.08. The predicted molar refractivity (Wildman–Crippen MR) is 66.3 cm³/mol. The van der Waals surface area contributed by atoms with Gasteiger partial charge in [0.1, 0.15) is 11.0 Å². The summed E-state index contributed by atoms with van der Waals surface area (Å²) in [5.74, 6) is -3.61. The minimum atomic E-state index is -1.52. The van der Waals surface area contributed by atoms with Crippen molar-refractivity contribution in [2.75, 3.05) is 0 Å². The van der Waals surface area contributed by atoms with E-state index in [2.05, 4.69) is 9.97 Å². The Hall–Kier alpha value is -1.62. The highest BCUT2D eigenvalue weighted by Gasteiger charge is 2.16. The van der Waals surface area contributed by atoms with E-state index in [-0.39, 0.29) is 16.4 Å². The number of aromatic nitrogens is 2. The summed E-state index contributed by atoms with van der Waals surface area (Å²) in [6.07, 6.45) is 1.36. The molecule has 0 radical (unpaired) electrons. The topological polar surface area (TPSA) is 25.8 Å². The molecule has 100 valence electrons. The normalized spacial score (nSPS) is 10.8. The molecule has 0 aliphatic carbocycles. The van der Waals surface area contributed by atoms with Crippen LogP contribution in [0.15, 0.2) is 18.2 Å². The smallest absolute Gasteiger partial charge is 0.195 e. The fourth-order valence-corrected chi connectivity index (χ4v) is 1.86. The number of benzene rings is 1. The molecule has 2 rings (SSSR count). The predicted octanol–water partition coefficient (Wildman–Crippen LogP) is 4.17. The van der Waals surface area contributed by atoms with E-state index in [0.717, 1.165) is 18.6 Å². The van der Waals surface area contributed by atoms with Gasteiger partial charge in [0.25, 0.3) is 0 Å².